The zero-order valence-corrected chi connectivity index (χ0v) is 22.1. The average Bonchev–Trinajstić information content (AvgIpc) is 3.38. The van der Waals surface area contributed by atoms with Crippen LogP contribution in [0.15, 0.2) is 54.6 Å². The van der Waals surface area contributed by atoms with Crippen molar-refractivity contribution in [3.63, 3.8) is 0 Å². The topological polar surface area (TPSA) is 117 Å². The Morgan fingerprint density at radius 2 is 2.00 bits per heavy atom. The maximum atomic E-state index is 16.0. The number of anilines is 2. The first-order chi connectivity index (χ1) is 18.3. The molecule has 4 rings (SSSR count). The predicted molar refractivity (Wildman–Crippen MR) is 148 cm³/mol. The van der Waals surface area contributed by atoms with Gasteiger partial charge in [-0.2, -0.15) is 0 Å². The molecular weight excluding hydrogens is 485 g/mol. The molecule has 0 radical (unpaired) electrons. The summed E-state index contributed by atoms with van der Waals surface area (Å²) in [5.41, 5.74) is 7.84. The van der Waals surface area contributed by atoms with Crippen molar-refractivity contribution in [2.45, 2.75) is 51.8 Å². The second kappa shape index (κ2) is 12.1. The lowest BCUT2D eigenvalue weighted by molar-refractivity contribution is 0.228. The summed E-state index contributed by atoms with van der Waals surface area (Å²) < 4.78 is 27.6. The zero-order valence-electron chi connectivity index (χ0n) is 22.1. The summed E-state index contributed by atoms with van der Waals surface area (Å²) in [5.74, 6) is 0.807. The lowest BCUT2D eigenvalue weighted by atomic mass is 10.0. The molecule has 1 aliphatic heterocycles. The molecule has 2 heterocycles. The fourth-order valence-corrected chi connectivity index (χ4v) is 4.70. The van der Waals surface area contributed by atoms with Gasteiger partial charge in [0.2, 0.25) is 0 Å². The summed E-state index contributed by atoms with van der Waals surface area (Å²) in [6.45, 7) is 6.83. The van der Waals surface area contributed by atoms with E-state index in [1.807, 2.05) is 39.0 Å². The van der Waals surface area contributed by atoms with Crippen LogP contribution in [0.2, 0.25) is 0 Å². The Morgan fingerprint density at radius 1 is 1.24 bits per heavy atom. The summed E-state index contributed by atoms with van der Waals surface area (Å²) in [7, 11) is 0. The van der Waals surface area contributed by atoms with Gasteiger partial charge in [-0.15, -0.1) is 0 Å². The predicted octanol–water partition coefficient (Wildman–Crippen LogP) is 4.85. The number of aliphatic hydroxyl groups excluding tert-OH is 1. The third-order valence-corrected chi connectivity index (χ3v) is 6.47. The molecule has 2 aromatic carbocycles. The van der Waals surface area contributed by atoms with Crippen molar-refractivity contribution in [3.05, 3.63) is 77.2 Å². The first-order valence-electron chi connectivity index (χ1n) is 13.0. The van der Waals surface area contributed by atoms with Gasteiger partial charge in [0.15, 0.2) is 11.6 Å². The molecule has 0 amide bonds. The van der Waals surface area contributed by atoms with Crippen LogP contribution < -0.4 is 25.4 Å². The van der Waals surface area contributed by atoms with Crippen LogP contribution in [0.4, 0.5) is 15.9 Å². The normalized spacial score (nSPS) is 15.9. The van der Waals surface area contributed by atoms with Crippen LogP contribution >= 0.6 is 0 Å². The third-order valence-electron chi connectivity index (χ3n) is 6.47. The van der Waals surface area contributed by atoms with Gasteiger partial charge in [0.05, 0.1) is 37.1 Å². The van der Waals surface area contributed by atoms with E-state index in [1.165, 1.54) is 0 Å². The van der Waals surface area contributed by atoms with Crippen molar-refractivity contribution in [2.75, 3.05) is 30.0 Å². The Morgan fingerprint density at radius 3 is 2.66 bits per heavy atom. The van der Waals surface area contributed by atoms with Crippen molar-refractivity contribution < 1.29 is 19.0 Å². The summed E-state index contributed by atoms with van der Waals surface area (Å²) >= 11 is 0. The van der Waals surface area contributed by atoms with Crippen molar-refractivity contribution in [1.29, 1.82) is 5.41 Å². The Labute approximate surface area is 223 Å². The van der Waals surface area contributed by atoms with E-state index in [-0.39, 0.29) is 30.3 Å². The number of nitrogens with one attached hydrogen (secondary N) is 2. The van der Waals surface area contributed by atoms with Crippen LogP contribution in [0.5, 0.6) is 11.5 Å². The number of rotatable bonds is 11. The Bertz CT molecular complexity index is 1250. The molecule has 202 valence electrons. The lowest BCUT2D eigenvalue weighted by Crippen LogP contribution is -2.33. The highest BCUT2D eigenvalue weighted by Crippen LogP contribution is 2.37. The highest BCUT2D eigenvalue weighted by molar-refractivity contribution is 5.95. The summed E-state index contributed by atoms with van der Waals surface area (Å²) in [6, 6.07) is 15.3. The summed E-state index contributed by atoms with van der Waals surface area (Å²) in [5, 5.41) is 20.9. The van der Waals surface area contributed by atoms with Crippen LogP contribution in [0.1, 0.15) is 56.5 Å². The highest BCUT2D eigenvalue weighted by atomic mass is 19.1. The molecule has 0 bridgehead atoms. The summed E-state index contributed by atoms with van der Waals surface area (Å²) in [6.07, 6.45) is 1.64. The first-order valence-corrected chi connectivity index (χ1v) is 13.0. The highest BCUT2D eigenvalue weighted by Gasteiger charge is 2.28. The lowest BCUT2D eigenvalue weighted by Gasteiger charge is -2.27. The molecule has 1 saturated heterocycles. The number of nitrogens with two attached hydrogens (primary N) is 1. The van der Waals surface area contributed by atoms with Gasteiger partial charge in [0.25, 0.3) is 0 Å². The largest absolute Gasteiger partial charge is 0.494 e. The molecule has 8 nitrogen and oxygen atoms in total. The van der Waals surface area contributed by atoms with E-state index in [2.05, 4.69) is 10.2 Å². The second-order valence-electron chi connectivity index (χ2n) is 9.59. The van der Waals surface area contributed by atoms with Crippen molar-refractivity contribution in [2.24, 2.45) is 5.73 Å². The van der Waals surface area contributed by atoms with E-state index in [4.69, 9.17) is 25.6 Å². The molecule has 2 atom stereocenters. The molecule has 38 heavy (non-hydrogen) atoms. The number of nitrogen functional groups attached to an aromatic ring is 1. The van der Waals surface area contributed by atoms with E-state index >= 15 is 4.39 Å². The number of nitrogens with zero attached hydrogens (tertiary/aromatic N) is 2. The van der Waals surface area contributed by atoms with Gasteiger partial charge < -0.3 is 30.5 Å². The van der Waals surface area contributed by atoms with Crippen LogP contribution in [-0.4, -0.2) is 47.8 Å². The number of hydrogen-bond acceptors (Lipinski definition) is 7. The monoisotopic (exact) mass is 521 g/mol. The van der Waals surface area contributed by atoms with Gasteiger partial charge in [-0.1, -0.05) is 6.07 Å². The van der Waals surface area contributed by atoms with Crippen LogP contribution in [0.25, 0.3) is 0 Å². The molecule has 9 heteroatoms. The minimum atomic E-state index is -0.691. The molecule has 0 saturated carbocycles. The van der Waals surface area contributed by atoms with E-state index in [0.717, 1.165) is 25.2 Å². The molecule has 1 aliphatic rings. The smallest absolute Gasteiger partial charge is 0.171 e. The number of halogens is 1. The van der Waals surface area contributed by atoms with Gasteiger partial charge in [0.1, 0.15) is 17.4 Å². The Kier molecular flexibility index (Phi) is 8.68. The van der Waals surface area contributed by atoms with Gasteiger partial charge in [-0.05, 0) is 76.1 Å². The minimum Gasteiger partial charge on any atom is -0.494 e. The number of ether oxygens (including phenoxy) is 2. The zero-order chi connectivity index (χ0) is 27.2. The van der Waals surface area contributed by atoms with E-state index in [1.54, 1.807) is 36.4 Å². The van der Waals surface area contributed by atoms with E-state index in [0.29, 0.717) is 34.9 Å². The third kappa shape index (κ3) is 6.16. The van der Waals surface area contributed by atoms with Crippen LogP contribution in [0.3, 0.4) is 0 Å². The molecule has 2 unspecified atom stereocenters. The fraction of sp³-hybridized carbons (Fsp3) is 0.379. The maximum Gasteiger partial charge on any atom is 0.171 e. The van der Waals surface area contributed by atoms with Crippen molar-refractivity contribution in [1.82, 2.24) is 4.98 Å². The van der Waals surface area contributed by atoms with Gasteiger partial charge in [0, 0.05) is 29.4 Å². The number of amidine groups is 1. The number of aromatic nitrogens is 1. The number of aliphatic hydroxyl groups is 1. The van der Waals surface area contributed by atoms with E-state index in [9.17, 15) is 5.11 Å². The van der Waals surface area contributed by atoms with Crippen molar-refractivity contribution in [3.8, 4) is 11.5 Å². The maximum absolute atomic E-state index is 16.0. The molecule has 0 spiro atoms. The van der Waals surface area contributed by atoms with Crippen LogP contribution in [0, 0.1) is 11.2 Å². The van der Waals surface area contributed by atoms with E-state index < -0.39 is 11.9 Å². The van der Waals surface area contributed by atoms with Gasteiger partial charge in [-0.3, -0.25) is 5.41 Å². The first kappa shape index (κ1) is 27.2. The molecule has 3 aromatic rings. The number of pyridine rings is 1. The molecule has 0 aliphatic carbocycles. The minimum absolute atomic E-state index is 0.00680. The molecular formula is C29H36FN5O3. The van der Waals surface area contributed by atoms with Gasteiger partial charge >= 0.3 is 0 Å². The molecule has 1 aromatic heterocycles. The average molecular weight is 522 g/mol. The molecule has 1 fully saturated rings. The SMILES string of the molecule is CCOc1cc(OC(C)C)c(F)c(C(Nc2ccc(C(=N)N)cc2)c2cccc(N3CCCC3CO)n2)c1. The number of hydrogen-bond donors (Lipinski definition) is 4. The fourth-order valence-electron chi connectivity index (χ4n) is 4.70. The Balaban J connectivity index is 1.82. The molecule has 5 N–H and O–H groups in total. The number of benzene rings is 2. The van der Waals surface area contributed by atoms with Gasteiger partial charge in [-0.25, -0.2) is 9.37 Å². The van der Waals surface area contributed by atoms with Crippen molar-refractivity contribution >= 4 is 17.3 Å². The Hall–Kier alpha value is -3.85. The summed E-state index contributed by atoms with van der Waals surface area (Å²) in [4.78, 5) is 7.03. The second-order valence-corrected chi connectivity index (χ2v) is 9.59. The van der Waals surface area contributed by atoms with Crippen LogP contribution in [-0.2, 0) is 0 Å². The quantitative estimate of drug-likeness (QED) is 0.210. The standard InChI is InChI=1S/C29H36FN5O3/c1-4-37-22-15-23(27(30)25(16-22)38-18(2)3)28(33-20-12-10-19(11-13-20)29(31)32)24-8-5-9-26(34-24)35-14-6-7-21(35)17-36/h5,8-13,15-16,18,21,28,33,36H,4,6-7,14,17H2,1-3H3,(H3,31,32).